The van der Waals surface area contributed by atoms with E-state index in [1.54, 1.807) is 0 Å². The average molecular weight is 233 g/mol. The van der Waals surface area contributed by atoms with E-state index >= 15 is 0 Å². The van der Waals surface area contributed by atoms with Gasteiger partial charge in [-0.05, 0) is 36.5 Å². The molecule has 2 N–H and O–H groups in total. The highest BCUT2D eigenvalue weighted by atomic mass is 35.5. The molecule has 0 heterocycles. The molecule has 1 aliphatic rings. The van der Waals surface area contributed by atoms with Crippen LogP contribution in [0.25, 0.3) is 6.08 Å². The van der Waals surface area contributed by atoms with Crippen molar-refractivity contribution in [3.63, 3.8) is 0 Å². The van der Waals surface area contributed by atoms with Gasteiger partial charge >= 0.3 is 0 Å². The molecule has 1 aliphatic carbocycles. The van der Waals surface area contributed by atoms with E-state index in [0.717, 1.165) is 17.9 Å². The predicted molar refractivity (Wildman–Crippen MR) is 66.0 cm³/mol. The summed E-state index contributed by atoms with van der Waals surface area (Å²) in [6.45, 7) is 0. The van der Waals surface area contributed by atoms with E-state index in [2.05, 4.69) is 18.2 Å². The summed E-state index contributed by atoms with van der Waals surface area (Å²) in [7, 11) is 0. The molecule has 0 fully saturated rings. The summed E-state index contributed by atoms with van der Waals surface area (Å²) in [6, 6.07) is 7.58. The van der Waals surface area contributed by atoms with Gasteiger partial charge in [0.15, 0.2) is 0 Å². The highest BCUT2D eigenvalue weighted by Gasteiger charge is 2.14. The Kier molecular flexibility index (Phi) is 3.28. The van der Waals surface area contributed by atoms with E-state index < -0.39 is 6.04 Å². The van der Waals surface area contributed by atoms with Gasteiger partial charge in [0.25, 0.3) is 0 Å². The standard InChI is InChI=1S/C13H13ClN2/c14-13-3-1-2-10-6-9(4-5-12(10)13)7-11(16)8-15/h1-3,6,11H,4-5,7,16H2. The maximum atomic E-state index is 8.68. The van der Waals surface area contributed by atoms with Gasteiger partial charge in [-0.1, -0.05) is 35.4 Å². The van der Waals surface area contributed by atoms with Gasteiger partial charge in [-0.25, -0.2) is 0 Å². The van der Waals surface area contributed by atoms with Crippen LogP contribution >= 0.6 is 11.6 Å². The summed E-state index contributed by atoms with van der Waals surface area (Å²) in [5.41, 5.74) is 9.24. The Bertz CT molecular complexity index is 471. The molecular formula is C13H13ClN2. The molecule has 1 aromatic rings. The zero-order valence-corrected chi connectivity index (χ0v) is 9.67. The summed E-state index contributed by atoms with van der Waals surface area (Å²) in [5.74, 6) is 0. The van der Waals surface area contributed by atoms with E-state index in [1.165, 1.54) is 16.7 Å². The molecule has 0 radical (unpaired) electrons. The van der Waals surface area contributed by atoms with Crippen molar-refractivity contribution in [2.75, 3.05) is 0 Å². The number of nitrogens with two attached hydrogens (primary N) is 1. The van der Waals surface area contributed by atoms with Crippen LogP contribution in [0, 0.1) is 11.3 Å². The van der Waals surface area contributed by atoms with Crippen molar-refractivity contribution in [3.05, 3.63) is 39.9 Å². The zero-order valence-electron chi connectivity index (χ0n) is 8.91. The second-order valence-corrected chi connectivity index (χ2v) is 4.46. The number of nitriles is 1. The van der Waals surface area contributed by atoms with Crippen molar-refractivity contribution < 1.29 is 0 Å². The van der Waals surface area contributed by atoms with Crippen molar-refractivity contribution in [1.29, 1.82) is 5.26 Å². The number of fused-ring (bicyclic) bond motifs is 1. The van der Waals surface area contributed by atoms with Crippen LogP contribution in [0.1, 0.15) is 24.0 Å². The molecule has 2 nitrogen and oxygen atoms in total. The van der Waals surface area contributed by atoms with Gasteiger partial charge in [0.05, 0.1) is 12.1 Å². The van der Waals surface area contributed by atoms with Gasteiger partial charge in [0.2, 0.25) is 0 Å². The quantitative estimate of drug-likeness (QED) is 0.853. The lowest BCUT2D eigenvalue weighted by molar-refractivity contribution is 0.763. The van der Waals surface area contributed by atoms with Crippen LogP contribution in [0.15, 0.2) is 23.8 Å². The Morgan fingerprint density at radius 2 is 2.25 bits per heavy atom. The highest BCUT2D eigenvalue weighted by molar-refractivity contribution is 6.31. The molecule has 0 bridgehead atoms. The zero-order chi connectivity index (χ0) is 11.5. The monoisotopic (exact) mass is 232 g/mol. The first kappa shape index (κ1) is 11.2. The van der Waals surface area contributed by atoms with E-state index in [9.17, 15) is 0 Å². The number of hydrogen-bond acceptors (Lipinski definition) is 2. The Labute approximate surface area is 100 Å². The van der Waals surface area contributed by atoms with Crippen LogP contribution in [0.4, 0.5) is 0 Å². The third-order valence-electron chi connectivity index (χ3n) is 2.86. The molecule has 3 heteroatoms. The van der Waals surface area contributed by atoms with Crippen LogP contribution in [0.2, 0.25) is 5.02 Å². The number of rotatable bonds is 2. The molecule has 0 aromatic heterocycles. The van der Waals surface area contributed by atoms with Gasteiger partial charge in [-0.15, -0.1) is 0 Å². The second-order valence-electron chi connectivity index (χ2n) is 4.05. The smallest absolute Gasteiger partial charge is 0.0965 e. The Hall–Kier alpha value is -1.30. The van der Waals surface area contributed by atoms with Crippen LogP contribution in [-0.4, -0.2) is 6.04 Å². The van der Waals surface area contributed by atoms with Gasteiger partial charge in [-0.3, -0.25) is 0 Å². The topological polar surface area (TPSA) is 49.8 Å². The van der Waals surface area contributed by atoms with Crippen molar-refractivity contribution in [2.45, 2.75) is 25.3 Å². The largest absolute Gasteiger partial charge is 0.316 e. The minimum atomic E-state index is -0.396. The molecule has 0 saturated heterocycles. The van der Waals surface area contributed by atoms with Crippen molar-refractivity contribution >= 4 is 17.7 Å². The molecule has 1 atom stereocenters. The first-order valence-electron chi connectivity index (χ1n) is 5.32. The van der Waals surface area contributed by atoms with Crippen LogP contribution in [0.5, 0.6) is 0 Å². The third-order valence-corrected chi connectivity index (χ3v) is 3.21. The molecule has 1 aromatic carbocycles. The van der Waals surface area contributed by atoms with Crippen molar-refractivity contribution in [2.24, 2.45) is 5.73 Å². The van der Waals surface area contributed by atoms with E-state index in [1.807, 2.05) is 12.1 Å². The predicted octanol–water partition coefficient (Wildman–Crippen LogP) is 2.91. The summed E-state index contributed by atoms with van der Waals surface area (Å²) < 4.78 is 0. The fraction of sp³-hybridized carbons (Fsp3) is 0.308. The molecule has 0 aliphatic heterocycles. The molecular weight excluding hydrogens is 220 g/mol. The minimum absolute atomic E-state index is 0.396. The molecule has 0 amide bonds. The number of benzene rings is 1. The van der Waals surface area contributed by atoms with E-state index in [-0.39, 0.29) is 0 Å². The fourth-order valence-corrected chi connectivity index (χ4v) is 2.32. The van der Waals surface area contributed by atoms with Crippen molar-refractivity contribution in [3.8, 4) is 6.07 Å². The summed E-state index contributed by atoms with van der Waals surface area (Å²) in [5, 5.41) is 9.51. The van der Waals surface area contributed by atoms with Gasteiger partial charge in [0.1, 0.15) is 0 Å². The third kappa shape index (κ3) is 2.27. The van der Waals surface area contributed by atoms with E-state index in [0.29, 0.717) is 6.42 Å². The van der Waals surface area contributed by atoms with Crippen molar-refractivity contribution in [1.82, 2.24) is 0 Å². The maximum absolute atomic E-state index is 8.68. The molecule has 82 valence electrons. The molecule has 1 unspecified atom stereocenters. The maximum Gasteiger partial charge on any atom is 0.0965 e. The van der Waals surface area contributed by atoms with Crippen LogP contribution in [0.3, 0.4) is 0 Å². The number of hydrogen-bond donors (Lipinski definition) is 1. The average Bonchev–Trinajstić information content (AvgIpc) is 2.29. The molecule has 16 heavy (non-hydrogen) atoms. The van der Waals surface area contributed by atoms with Gasteiger partial charge in [-0.2, -0.15) is 5.26 Å². The minimum Gasteiger partial charge on any atom is -0.316 e. The second kappa shape index (κ2) is 4.69. The molecule has 0 saturated carbocycles. The Morgan fingerprint density at radius 1 is 1.44 bits per heavy atom. The SMILES string of the molecule is N#CC(N)CC1=Cc2cccc(Cl)c2CC1. The lowest BCUT2D eigenvalue weighted by atomic mass is 9.89. The Balaban J connectivity index is 2.26. The summed E-state index contributed by atoms with van der Waals surface area (Å²) in [4.78, 5) is 0. The lowest BCUT2D eigenvalue weighted by Crippen LogP contribution is -2.18. The molecule has 2 rings (SSSR count). The molecule has 0 spiro atoms. The van der Waals surface area contributed by atoms with Gasteiger partial charge in [0, 0.05) is 5.02 Å². The van der Waals surface area contributed by atoms with Crippen LogP contribution < -0.4 is 5.73 Å². The van der Waals surface area contributed by atoms with Crippen LogP contribution in [-0.2, 0) is 6.42 Å². The number of halogens is 1. The summed E-state index contributed by atoms with van der Waals surface area (Å²) in [6.07, 6.45) is 4.66. The first-order chi connectivity index (χ1) is 7.70. The lowest BCUT2D eigenvalue weighted by Gasteiger charge is -2.18. The van der Waals surface area contributed by atoms with Gasteiger partial charge < -0.3 is 5.73 Å². The Morgan fingerprint density at radius 3 is 3.00 bits per heavy atom. The first-order valence-corrected chi connectivity index (χ1v) is 5.70. The normalized spacial score (nSPS) is 15.9. The number of nitrogens with zero attached hydrogens (tertiary/aromatic N) is 1. The fourth-order valence-electron chi connectivity index (χ4n) is 2.04. The highest BCUT2D eigenvalue weighted by Crippen LogP contribution is 2.30. The van der Waals surface area contributed by atoms with E-state index in [4.69, 9.17) is 22.6 Å². The summed E-state index contributed by atoms with van der Waals surface area (Å²) >= 11 is 6.12.